The van der Waals surface area contributed by atoms with Crippen molar-refractivity contribution in [2.45, 2.75) is 18.9 Å². The molecule has 1 aromatic heterocycles. The van der Waals surface area contributed by atoms with E-state index in [0.29, 0.717) is 10.6 Å². The van der Waals surface area contributed by atoms with Crippen LogP contribution in [0.3, 0.4) is 0 Å². The van der Waals surface area contributed by atoms with Gasteiger partial charge in [-0.3, -0.25) is 9.59 Å². The van der Waals surface area contributed by atoms with Crippen LogP contribution >= 0.6 is 11.8 Å². The molecule has 0 aliphatic heterocycles. The number of carbonyl (C=O) groups excluding carboxylic acids is 2. The first-order valence-corrected chi connectivity index (χ1v) is 6.81. The Morgan fingerprint density at radius 2 is 2.20 bits per heavy atom. The van der Waals surface area contributed by atoms with Crippen LogP contribution in [0, 0.1) is 25.2 Å². The van der Waals surface area contributed by atoms with Crippen LogP contribution in [0.15, 0.2) is 11.1 Å². The maximum Gasteiger partial charge on any atom is 0.325 e. The van der Waals surface area contributed by atoms with E-state index < -0.39 is 5.97 Å². The van der Waals surface area contributed by atoms with Crippen LogP contribution in [0.25, 0.3) is 0 Å². The van der Waals surface area contributed by atoms with Gasteiger partial charge in [0.2, 0.25) is 5.91 Å². The van der Waals surface area contributed by atoms with E-state index in [1.807, 2.05) is 19.9 Å². The Balaban J connectivity index is 2.64. The van der Waals surface area contributed by atoms with Gasteiger partial charge in [0.05, 0.1) is 18.4 Å². The van der Waals surface area contributed by atoms with E-state index in [-0.39, 0.29) is 18.2 Å². The molecule has 1 heterocycles. The van der Waals surface area contributed by atoms with Gasteiger partial charge >= 0.3 is 5.97 Å². The average Bonchev–Trinajstić information content (AvgIpc) is 2.41. The van der Waals surface area contributed by atoms with Crippen molar-refractivity contribution < 1.29 is 14.3 Å². The van der Waals surface area contributed by atoms with Crippen molar-refractivity contribution in [2.24, 2.45) is 0 Å². The third-order valence-electron chi connectivity index (χ3n) is 2.42. The van der Waals surface area contributed by atoms with E-state index in [9.17, 15) is 9.59 Å². The highest BCUT2D eigenvalue weighted by molar-refractivity contribution is 8.00. The molecular formula is C13H15N3O3S. The SMILES string of the molecule is COC(=O)CNC(=O)CSc1nc(C)cc(C)c1C#N. The minimum atomic E-state index is -0.509. The van der Waals surface area contributed by atoms with Crippen molar-refractivity contribution in [1.82, 2.24) is 10.3 Å². The lowest BCUT2D eigenvalue weighted by atomic mass is 10.1. The smallest absolute Gasteiger partial charge is 0.325 e. The molecule has 1 N–H and O–H groups in total. The van der Waals surface area contributed by atoms with E-state index in [2.05, 4.69) is 21.1 Å². The summed E-state index contributed by atoms with van der Waals surface area (Å²) in [4.78, 5) is 26.7. The normalized spacial score (nSPS) is 9.70. The quantitative estimate of drug-likeness (QED) is 0.642. The number of rotatable bonds is 5. The number of pyridine rings is 1. The molecule has 6 nitrogen and oxygen atoms in total. The number of carbonyl (C=O) groups is 2. The first-order chi connectivity index (χ1) is 9.47. The first kappa shape index (κ1) is 16.0. The van der Waals surface area contributed by atoms with Gasteiger partial charge in [-0.25, -0.2) is 4.98 Å². The fraction of sp³-hybridized carbons (Fsp3) is 0.385. The summed E-state index contributed by atoms with van der Waals surface area (Å²) in [5.41, 5.74) is 2.10. The number of hydrogen-bond acceptors (Lipinski definition) is 6. The van der Waals surface area contributed by atoms with E-state index in [1.54, 1.807) is 0 Å². The molecule has 0 atom stereocenters. The summed E-state index contributed by atoms with van der Waals surface area (Å²) in [5, 5.41) is 12.0. The van der Waals surface area contributed by atoms with Gasteiger partial charge in [0.25, 0.3) is 0 Å². The number of aryl methyl sites for hydroxylation is 2. The Bertz CT molecular complexity index is 567. The summed E-state index contributed by atoms with van der Waals surface area (Å²) >= 11 is 1.17. The van der Waals surface area contributed by atoms with Gasteiger partial charge in [0, 0.05) is 5.69 Å². The molecular weight excluding hydrogens is 278 g/mol. The lowest BCUT2D eigenvalue weighted by Crippen LogP contribution is -2.31. The molecule has 0 aliphatic rings. The highest BCUT2D eigenvalue weighted by Crippen LogP contribution is 2.23. The summed E-state index contributed by atoms with van der Waals surface area (Å²) in [7, 11) is 1.25. The molecule has 1 aromatic rings. The molecule has 1 rings (SSSR count). The lowest BCUT2D eigenvalue weighted by Gasteiger charge is -2.07. The predicted octanol–water partition coefficient (Wildman–Crippen LogP) is 0.951. The molecule has 0 aromatic carbocycles. The van der Waals surface area contributed by atoms with Crippen molar-refractivity contribution in [2.75, 3.05) is 19.4 Å². The minimum absolute atomic E-state index is 0.0849. The Labute approximate surface area is 121 Å². The van der Waals surface area contributed by atoms with Crippen LogP contribution < -0.4 is 5.32 Å². The molecule has 0 unspecified atom stereocenters. The minimum Gasteiger partial charge on any atom is -0.468 e. The Morgan fingerprint density at radius 1 is 1.50 bits per heavy atom. The van der Waals surface area contributed by atoms with Crippen molar-refractivity contribution in [1.29, 1.82) is 5.26 Å². The second-order valence-corrected chi connectivity index (χ2v) is 4.98. The number of esters is 1. The van der Waals surface area contributed by atoms with Gasteiger partial charge in [-0.05, 0) is 25.5 Å². The van der Waals surface area contributed by atoms with Crippen LogP contribution in [0.5, 0.6) is 0 Å². The van der Waals surface area contributed by atoms with Gasteiger partial charge in [-0.15, -0.1) is 0 Å². The van der Waals surface area contributed by atoms with Crippen molar-refractivity contribution >= 4 is 23.6 Å². The number of ether oxygens (including phenoxy) is 1. The van der Waals surface area contributed by atoms with Crippen LogP contribution in [0.1, 0.15) is 16.8 Å². The largest absolute Gasteiger partial charge is 0.468 e. The monoisotopic (exact) mass is 293 g/mol. The van der Waals surface area contributed by atoms with Gasteiger partial charge in [-0.1, -0.05) is 11.8 Å². The number of nitriles is 1. The van der Waals surface area contributed by atoms with E-state index in [4.69, 9.17) is 5.26 Å². The highest BCUT2D eigenvalue weighted by Gasteiger charge is 2.12. The standard InChI is InChI=1S/C13H15N3O3S/c1-8-4-9(2)16-13(10(8)5-14)20-7-11(17)15-6-12(18)19-3/h4H,6-7H2,1-3H3,(H,15,17). The number of amides is 1. The zero-order valence-electron chi connectivity index (χ0n) is 11.5. The number of aromatic nitrogens is 1. The second kappa shape index (κ2) is 7.50. The van der Waals surface area contributed by atoms with Crippen molar-refractivity contribution in [3.8, 4) is 6.07 Å². The average molecular weight is 293 g/mol. The summed E-state index contributed by atoms with van der Waals surface area (Å²) < 4.78 is 4.42. The zero-order valence-corrected chi connectivity index (χ0v) is 12.3. The van der Waals surface area contributed by atoms with Gasteiger partial charge in [0.1, 0.15) is 17.6 Å². The van der Waals surface area contributed by atoms with Crippen LogP contribution in [-0.2, 0) is 14.3 Å². The number of thioether (sulfide) groups is 1. The van der Waals surface area contributed by atoms with Gasteiger partial charge in [0.15, 0.2) is 0 Å². The third kappa shape index (κ3) is 4.55. The highest BCUT2D eigenvalue weighted by atomic mass is 32.2. The Morgan fingerprint density at radius 3 is 2.80 bits per heavy atom. The van der Waals surface area contributed by atoms with Crippen LogP contribution in [0.4, 0.5) is 0 Å². The maximum atomic E-state index is 11.6. The summed E-state index contributed by atoms with van der Waals surface area (Å²) in [6.45, 7) is 3.49. The fourth-order valence-electron chi connectivity index (χ4n) is 1.47. The summed E-state index contributed by atoms with van der Waals surface area (Å²) in [6.07, 6.45) is 0. The number of nitrogens with one attached hydrogen (secondary N) is 1. The molecule has 0 saturated heterocycles. The Kier molecular flexibility index (Phi) is 6.00. The lowest BCUT2D eigenvalue weighted by molar-refractivity contribution is -0.140. The molecule has 0 saturated carbocycles. The number of nitrogens with zero attached hydrogens (tertiary/aromatic N) is 2. The zero-order chi connectivity index (χ0) is 15.1. The first-order valence-electron chi connectivity index (χ1n) is 5.82. The van der Waals surface area contributed by atoms with E-state index in [0.717, 1.165) is 11.3 Å². The fourth-order valence-corrected chi connectivity index (χ4v) is 2.40. The molecule has 0 aliphatic carbocycles. The topological polar surface area (TPSA) is 92.1 Å². The summed E-state index contributed by atoms with van der Waals surface area (Å²) in [6, 6.07) is 3.90. The molecule has 0 bridgehead atoms. The van der Waals surface area contributed by atoms with Crippen molar-refractivity contribution in [3.63, 3.8) is 0 Å². The second-order valence-electron chi connectivity index (χ2n) is 4.01. The maximum absolute atomic E-state index is 11.6. The number of hydrogen-bond donors (Lipinski definition) is 1. The molecule has 0 fully saturated rings. The molecule has 0 radical (unpaired) electrons. The number of methoxy groups -OCH3 is 1. The molecule has 106 valence electrons. The van der Waals surface area contributed by atoms with Crippen molar-refractivity contribution in [3.05, 3.63) is 22.9 Å². The molecule has 7 heteroatoms. The Hall–Kier alpha value is -2.07. The van der Waals surface area contributed by atoms with Crippen LogP contribution in [-0.4, -0.2) is 36.3 Å². The molecule has 20 heavy (non-hydrogen) atoms. The van der Waals surface area contributed by atoms with Gasteiger partial charge in [-0.2, -0.15) is 5.26 Å². The molecule has 0 spiro atoms. The van der Waals surface area contributed by atoms with E-state index in [1.165, 1.54) is 18.9 Å². The van der Waals surface area contributed by atoms with Crippen LogP contribution in [0.2, 0.25) is 0 Å². The van der Waals surface area contributed by atoms with E-state index >= 15 is 0 Å². The molecule has 1 amide bonds. The van der Waals surface area contributed by atoms with Gasteiger partial charge < -0.3 is 10.1 Å². The summed E-state index contributed by atoms with van der Waals surface area (Å²) in [5.74, 6) is -0.738. The third-order valence-corrected chi connectivity index (χ3v) is 3.40. The predicted molar refractivity (Wildman–Crippen MR) is 74.2 cm³/mol.